The van der Waals surface area contributed by atoms with Crippen LogP contribution < -0.4 is 0 Å². The zero-order chi connectivity index (χ0) is 15.7. The van der Waals surface area contributed by atoms with Gasteiger partial charge in [-0.2, -0.15) is 0 Å². The molecule has 3 rings (SSSR count). The maximum Gasteiger partial charge on any atom is 0.335 e. The average molecular weight is 303 g/mol. The molecule has 1 aromatic rings. The molecular weight excluding hydrogens is 282 g/mol. The van der Waals surface area contributed by atoms with E-state index in [9.17, 15) is 9.59 Å². The van der Waals surface area contributed by atoms with E-state index in [1.165, 1.54) is 6.07 Å². The van der Waals surface area contributed by atoms with Crippen LogP contribution in [0, 0.1) is 12.3 Å². The van der Waals surface area contributed by atoms with Crippen molar-refractivity contribution in [2.45, 2.75) is 26.2 Å². The molecule has 0 radical (unpaired) electrons. The Morgan fingerprint density at radius 3 is 2.50 bits per heavy atom. The summed E-state index contributed by atoms with van der Waals surface area (Å²) in [6, 6.07) is 4.83. The van der Waals surface area contributed by atoms with Crippen LogP contribution in [0.2, 0.25) is 0 Å². The molecule has 1 amide bonds. The zero-order valence-corrected chi connectivity index (χ0v) is 12.8. The molecule has 0 aromatic heterocycles. The fourth-order valence-electron chi connectivity index (χ4n) is 3.53. The number of benzene rings is 1. The number of likely N-dealkylation sites (tertiary alicyclic amines) is 1. The number of aromatic carboxylic acids is 1. The van der Waals surface area contributed by atoms with Crippen LogP contribution in [0.25, 0.3) is 0 Å². The molecule has 2 aliphatic heterocycles. The first-order valence-corrected chi connectivity index (χ1v) is 7.71. The largest absolute Gasteiger partial charge is 0.478 e. The number of nitrogens with zero attached hydrogens (tertiary/aromatic N) is 1. The highest BCUT2D eigenvalue weighted by atomic mass is 16.5. The van der Waals surface area contributed by atoms with Crippen LogP contribution in [0.1, 0.15) is 45.5 Å². The number of carboxylic acids is 1. The third-order valence-electron chi connectivity index (χ3n) is 4.85. The van der Waals surface area contributed by atoms with Gasteiger partial charge in [0.1, 0.15) is 0 Å². The SMILES string of the molecule is Cc1cc(C(=O)O)cc(C(=O)N2CCC3(CCOCC3)C2)c1. The van der Waals surface area contributed by atoms with E-state index in [4.69, 9.17) is 9.84 Å². The fraction of sp³-hybridized carbons (Fsp3) is 0.529. The van der Waals surface area contributed by atoms with Crippen molar-refractivity contribution < 1.29 is 19.4 Å². The van der Waals surface area contributed by atoms with Gasteiger partial charge in [-0.05, 0) is 55.4 Å². The fourth-order valence-corrected chi connectivity index (χ4v) is 3.53. The smallest absolute Gasteiger partial charge is 0.335 e. The average Bonchev–Trinajstić information content (AvgIpc) is 2.90. The van der Waals surface area contributed by atoms with Crippen LogP contribution in [0.4, 0.5) is 0 Å². The van der Waals surface area contributed by atoms with Crippen molar-refractivity contribution in [1.29, 1.82) is 0 Å². The lowest BCUT2D eigenvalue weighted by Gasteiger charge is -2.33. The molecule has 1 N–H and O–H groups in total. The number of ether oxygens (including phenoxy) is 1. The summed E-state index contributed by atoms with van der Waals surface area (Å²) < 4.78 is 5.43. The maximum atomic E-state index is 12.7. The highest BCUT2D eigenvalue weighted by Crippen LogP contribution is 2.40. The first-order valence-electron chi connectivity index (χ1n) is 7.71. The summed E-state index contributed by atoms with van der Waals surface area (Å²) in [6.07, 6.45) is 3.02. The van der Waals surface area contributed by atoms with Gasteiger partial charge in [-0.3, -0.25) is 4.79 Å². The van der Waals surface area contributed by atoms with Crippen molar-refractivity contribution in [3.8, 4) is 0 Å². The topological polar surface area (TPSA) is 66.8 Å². The molecule has 2 aliphatic rings. The number of amides is 1. The van der Waals surface area contributed by atoms with E-state index >= 15 is 0 Å². The summed E-state index contributed by atoms with van der Waals surface area (Å²) in [4.78, 5) is 25.7. The van der Waals surface area contributed by atoms with E-state index in [2.05, 4.69) is 0 Å². The Morgan fingerprint density at radius 1 is 1.14 bits per heavy atom. The molecule has 2 heterocycles. The van der Waals surface area contributed by atoms with E-state index in [0.29, 0.717) is 5.56 Å². The second kappa shape index (κ2) is 5.72. The van der Waals surface area contributed by atoms with Crippen LogP contribution in [-0.2, 0) is 4.74 Å². The molecule has 0 unspecified atom stereocenters. The number of hydrogen-bond donors (Lipinski definition) is 1. The van der Waals surface area contributed by atoms with Crippen LogP contribution in [-0.4, -0.2) is 48.2 Å². The van der Waals surface area contributed by atoms with Crippen LogP contribution in [0.3, 0.4) is 0 Å². The molecule has 118 valence electrons. The maximum absolute atomic E-state index is 12.7. The second-order valence-electron chi connectivity index (χ2n) is 6.48. The molecule has 2 saturated heterocycles. The van der Waals surface area contributed by atoms with E-state index in [1.807, 2.05) is 11.8 Å². The third kappa shape index (κ3) is 2.86. The van der Waals surface area contributed by atoms with Crippen molar-refractivity contribution in [2.75, 3.05) is 26.3 Å². The van der Waals surface area contributed by atoms with Gasteiger partial charge < -0.3 is 14.7 Å². The molecule has 22 heavy (non-hydrogen) atoms. The Kier molecular flexibility index (Phi) is 3.91. The van der Waals surface area contributed by atoms with Crippen LogP contribution in [0.5, 0.6) is 0 Å². The van der Waals surface area contributed by atoms with Crippen molar-refractivity contribution in [1.82, 2.24) is 4.90 Å². The lowest BCUT2D eigenvalue weighted by molar-refractivity contribution is 0.0191. The summed E-state index contributed by atoms with van der Waals surface area (Å²) in [7, 11) is 0. The van der Waals surface area contributed by atoms with E-state index in [-0.39, 0.29) is 16.9 Å². The lowest BCUT2D eigenvalue weighted by atomic mass is 9.80. The molecule has 5 nitrogen and oxygen atoms in total. The molecule has 0 saturated carbocycles. The predicted molar refractivity (Wildman–Crippen MR) is 81.1 cm³/mol. The minimum atomic E-state index is -1.000. The minimum Gasteiger partial charge on any atom is -0.478 e. The predicted octanol–water partition coefficient (Wildman–Crippen LogP) is 2.34. The quantitative estimate of drug-likeness (QED) is 0.910. The molecule has 1 spiro atoms. The van der Waals surface area contributed by atoms with Crippen LogP contribution >= 0.6 is 0 Å². The summed E-state index contributed by atoms with van der Waals surface area (Å²) in [5.74, 6) is -1.06. The molecule has 0 atom stereocenters. The molecule has 1 aromatic carbocycles. The van der Waals surface area contributed by atoms with Gasteiger partial charge in [-0.25, -0.2) is 4.79 Å². The Labute approximate surface area is 129 Å². The second-order valence-corrected chi connectivity index (χ2v) is 6.48. The van der Waals surface area contributed by atoms with Crippen molar-refractivity contribution in [2.24, 2.45) is 5.41 Å². The minimum absolute atomic E-state index is 0.0606. The molecule has 2 fully saturated rings. The number of carboxylic acid groups (broad SMARTS) is 1. The van der Waals surface area contributed by atoms with Gasteiger partial charge in [-0.1, -0.05) is 0 Å². The highest BCUT2D eigenvalue weighted by molar-refractivity contribution is 5.98. The summed E-state index contributed by atoms with van der Waals surface area (Å²) >= 11 is 0. The molecule has 5 heteroatoms. The molecular formula is C17H21NO4. The lowest BCUT2D eigenvalue weighted by Crippen LogP contribution is -2.35. The number of carbonyl (C=O) groups excluding carboxylic acids is 1. The molecule has 0 bridgehead atoms. The van der Waals surface area contributed by atoms with E-state index < -0.39 is 5.97 Å². The van der Waals surface area contributed by atoms with Crippen molar-refractivity contribution in [3.05, 3.63) is 34.9 Å². The van der Waals surface area contributed by atoms with Crippen LogP contribution in [0.15, 0.2) is 18.2 Å². The monoisotopic (exact) mass is 303 g/mol. The number of rotatable bonds is 2. The Morgan fingerprint density at radius 2 is 1.82 bits per heavy atom. The van der Waals surface area contributed by atoms with Gasteiger partial charge in [0.25, 0.3) is 5.91 Å². The van der Waals surface area contributed by atoms with Gasteiger partial charge in [0.05, 0.1) is 5.56 Å². The van der Waals surface area contributed by atoms with Gasteiger partial charge >= 0.3 is 5.97 Å². The van der Waals surface area contributed by atoms with Crippen molar-refractivity contribution in [3.63, 3.8) is 0 Å². The Hall–Kier alpha value is -1.88. The van der Waals surface area contributed by atoms with Gasteiger partial charge in [0.15, 0.2) is 0 Å². The third-order valence-corrected chi connectivity index (χ3v) is 4.85. The number of aryl methyl sites for hydroxylation is 1. The van der Waals surface area contributed by atoms with Gasteiger partial charge in [0, 0.05) is 31.9 Å². The highest BCUT2D eigenvalue weighted by Gasteiger charge is 2.41. The normalized spacial score (nSPS) is 20.3. The Balaban J connectivity index is 1.78. The Bertz CT molecular complexity index is 605. The standard InChI is InChI=1S/C17H21NO4/c1-12-8-13(10-14(9-12)16(20)21)15(19)18-5-2-17(11-18)3-6-22-7-4-17/h8-10H,2-7,11H2,1H3,(H,20,21). The summed E-state index contributed by atoms with van der Waals surface area (Å²) in [5.41, 5.74) is 1.64. The zero-order valence-electron chi connectivity index (χ0n) is 12.8. The number of hydrogen-bond acceptors (Lipinski definition) is 3. The summed E-state index contributed by atoms with van der Waals surface area (Å²) in [5, 5.41) is 9.14. The van der Waals surface area contributed by atoms with Crippen molar-refractivity contribution >= 4 is 11.9 Å². The number of carbonyl (C=O) groups is 2. The van der Waals surface area contributed by atoms with E-state index in [1.54, 1.807) is 12.1 Å². The van der Waals surface area contributed by atoms with Gasteiger partial charge in [-0.15, -0.1) is 0 Å². The molecule has 0 aliphatic carbocycles. The first kappa shape index (κ1) is 15.0. The van der Waals surface area contributed by atoms with E-state index in [0.717, 1.165) is 51.1 Å². The first-order chi connectivity index (χ1) is 10.5. The summed E-state index contributed by atoms with van der Waals surface area (Å²) in [6.45, 7) is 4.86. The van der Waals surface area contributed by atoms with Gasteiger partial charge in [0.2, 0.25) is 0 Å².